The number of carboxylic acid groups (broad SMARTS) is 1. The molecule has 0 saturated carbocycles. The number of nitrogens with one attached hydrogen (secondary N) is 1. The van der Waals surface area contributed by atoms with E-state index < -0.39 is 5.97 Å². The van der Waals surface area contributed by atoms with Crippen LogP contribution in [-0.2, 0) is 11.3 Å². The monoisotopic (exact) mass is 307 g/mol. The van der Waals surface area contributed by atoms with Gasteiger partial charge in [0.15, 0.2) is 0 Å². The topological polar surface area (TPSA) is 76.4 Å². The largest absolute Gasteiger partial charge is 0.478 e. The van der Waals surface area contributed by atoms with E-state index in [1.165, 1.54) is 11.8 Å². The van der Waals surface area contributed by atoms with Crippen LogP contribution in [0.2, 0.25) is 0 Å². The zero-order valence-corrected chi connectivity index (χ0v) is 12.7. The lowest BCUT2D eigenvalue weighted by molar-refractivity contribution is 0.0694. The SMILES string of the molecule is COCCn1cc(Nc2cccc(SC)c2C(=O)O)cn1. The number of methoxy groups -OCH3 is 1. The van der Waals surface area contributed by atoms with Crippen LogP contribution in [0.15, 0.2) is 35.5 Å². The van der Waals surface area contributed by atoms with Crippen molar-refractivity contribution in [2.75, 3.05) is 25.3 Å². The number of thioether (sulfide) groups is 1. The number of anilines is 2. The molecule has 112 valence electrons. The molecular formula is C14H17N3O3S. The predicted molar refractivity (Wildman–Crippen MR) is 82.6 cm³/mol. The molecule has 0 saturated heterocycles. The second-order valence-electron chi connectivity index (χ2n) is 4.30. The molecule has 2 N–H and O–H groups in total. The lowest BCUT2D eigenvalue weighted by atomic mass is 10.1. The standard InChI is InChI=1S/C14H17N3O3S/c1-20-7-6-17-9-10(8-15-17)16-11-4-3-5-12(21-2)13(11)14(18)19/h3-5,8-9,16H,6-7H2,1-2H3,(H,18,19). The fraction of sp³-hybridized carbons (Fsp3) is 0.286. The molecule has 7 heteroatoms. The Morgan fingerprint density at radius 2 is 2.33 bits per heavy atom. The Bertz CT molecular complexity index is 628. The zero-order valence-electron chi connectivity index (χ0n) is 11.9. The van der Waals surface area contributed by atoms with Crippen LogP contribution in [0.4, 0.5) is 11.4 Å². The van der Waals surface area contributed by atoms with E-state index in [0.29, 0.717) is 18.8 Å². The number of hydrogen-bond acceptors (Lipinski definition) is 5. The lowest BCUT2D eigenvalue weighted by Crippen LogP contribution is -2.05. The van der Waals surface area contributed by atoms with Crippen molar-refractivity contribution in [2.45, 2.75) is 11.4 Å². The minimum Gasteiger partial charge on any atom is -0.478 e. The van der Waals surface area contributed by atoms with E-state index in [9.17, 15) is 9.90 Å². The van der Waals surface area contributed by atoms with Gasteiger partial charge in [-0.3, -0.25) is 4.68 Å². The van der Waals surface area contributed by atoms with Gasteiger partial charge in [-0.1, -0.05) is 6.07 Å². The molecule has 6 nitrogen and oxygen atoms in total. The van der Waals surface area contributed by atoms with Gasteiger partial charge in [0.1, 0.15) is 0 Å². The molecule has 0 spiro atoms. The molecule has 1 heterocycles. The number of aromatic carboxylic acids is 1. The summed E-state index contributed by atoms with van der Waals surface area (Å²) >= 11 is 1.41. The maximum absolute atomic E-state index is 11.4. The third-order valence-corrected chi connectivity index (χ3v) is 3.68. The molecular weight excluding hydrogens is 290 g/mol. The minimum atomic E-state index is -0.950. The first-order valence-electron chi connectivity index (χ1n) is 6.34. The van der Waals surface area contributed by atoms with Gasteiger partial charge in [0.05, 0.1) is 36.3 Å². The van der Waals surface area contributed by atoms with Gasteiger partial charge in [-0.2, -0.15) is 5.10 Å². The van der Waals surface area contributed by atoms with Crippen LogP contribution in [0.5, 0.6) is 0 Å². The van der Waals surface area contributed by atoms with Crippen molar-refractivity contribution in [1.82, 2.24) is 9.78 Å². The third-order valence-electron chi connectivity index (χ3n) is 2.90. The number of nitrogens with zero attached hydrogens (tertiary/aromatic N) is 2. The maximum Gasteiger partial charge on any atom is 0.338 e. The molecule has 0 radical (unpaired) electrons. The van der Waals surface area contributed by atoms with Crippen LogP contribution in [0, 0.1) is 0 Å². The van der Waals surface area contributed by atoms with Crippen LogP contribution in [0.1, 0.15) is 10.4 Å². The maximum atomic E-state index is 11.4. The highest BCUT2D eigenvalue weighted by Gasteiger charge is 2.15. The van der Waals surface area contributed by atoms with E-state index in [2.05, 4.69) is 10.4 Å². The van der Waals surface area contributed by atoms with E-state index >= 15 is 0 Å². The van der Waals surface area contributed by atoms with Crippen molar-refractivity contribution < 1.29 is 14.6 Å². The van der Waals surface area contributed by atoms with Gasteiger partial charge in [0, 0.05) is 18.2 Å². The summed E-state index contributed by atoms with van der Waals surface area (Å²) in [4.78, 5) is 12.2. The average Bonchev–Trinajstić information content (AvgIpc) is 2.92. The molecule has 0 amide bonds. The van der Waals surface area contributed by atoms with Crippen LogP contribution >= 0.6 is 11.8 Å². The molecule has 0 atom stereocenters. The van der Waals surface area contributed by atoms with Crippen molar-refractivity contribution in [2.24, 2.45) is 0 Å². The van der Waals surface area contributed by atoms with Crippen LogP contribution in [0.3, 0.4) is 0 Å². The molecule has 0 aliphatic rings. The Balaban J connectivity index is 2.23. The molecule has 0 aliphatic heterocycles. The molecule has 2 aromatic rings. The number of benzene rings is 1. The zero-order chi connectivity index (χ0) is 15.2. The normalized spacial score (nSPS) is 10.6. The Kier molecular flexibility index (Phi) is 5.24. The van der Waals surface area contributed by atoms with Crippen LogP contribution < -0.4 is 5.32 Å². The van der Waals surface area contributed by atoms with Gasteiger partial charge in [0.2, 0.25) is 0 Å². The van der Waals surface area contributed by atoms with Gasteiger partial charge in [-0.15, -0.1) is 11.8 Å². The second kappa shape index (κ2) is 7.14. The molecule has 0 fully saturated rings. The van der Waals surface area contributed by atoms with Crippen molar-refractivity contribution in [3.63, 3.8) is 0 Å². The van der Waals surface area contributed by atoms with Gasteiger partial charge >= 0.3 is 5.97 Å². The number of carbonyl (C=O) groups is 1. The number of rotatable bonds is 7. The summed E-state index contributed by atoms with van der Waals surface area (Å²) in [5, 5.41) is 16.7. The van der Waals surface area contributed by atoms with E-state index in [0.717, 1.165) is 10.6 Å². The number of carboxylic acids is 1. The Morgan fingerprint density at radius 1 is 1.52 bits per heavy atom. The Morgan fingerprint density at radius 3 is 3.00 bits per heavy atom. The molecule has 2 rings (SSSR count). The summed E-state index contributed by atoms with van der Waals surface area (Å²) < 4.78 is 6.73. The highest BCUT2D eigenvalue weighted by atomic mass is 32.2. The first-order valence-corrected chi connectivity index (χ1v) is 7.57. The second-order valence-corrected chi connectivity index (χ2v) is 5.15. The summed E-state index contributed by atoms with van der Waals surface area (Å²) in [5.74, 6) is -0.950. The summed E-state index contributed by atoms with van der Waals surface area (Å²) in [6.45, 7) is 1.22. The van der Waals surface area contributed by atoms with Gasteiger partial charge in [0.25, 0.3) is 0 Å². The molecule has 0 unspecified atom stereocenters. The van der Waals surface area contributed by atoms with Crippen LogP contribution in [0.25, 0.3) is 0 Å². The summed E-state index contributed by atoms with van der Waals surface area (Å²) in [5.41, 5.74) is 1.57. The van der Waals surface area contributed by atoms with Gasteiger partial charge in [-0.25, -0.2) is 4.79 Å². The fourth-order valence-corrected chi connectivity index (χ4v) is 2.53. The van der Waals surface area contributed by atoms with E-state index in [-0.39, 0.29) is 5.56 Å². The predicted octanol–water partition coefficient (Wildman–Crippen LogP) is 2.69. The summed E-state index contributed by atoms with van der Waals surface area (Å²) in [6, 6.07) is 5.37. The summed E-state index contributed by atoms with van der Waals surface area (Å²) in [7, 11) is 1.63. The third kappa shape index (κ3) is 3.77. The smallest absolute Gasteiger partial charge is 0.338 e. The lowest BCUT2D eigenvalue weighted by Gasteiger charge is -2.10. The molecule has 0 bridgehead atoms. The van der Waals surface area contributed by atoms with E-state index in [4.69, 9.17) is 4.74 Å². The fourth-order valence-electron chi connectivity index (χ4n) is 1.92. The number of ether oxygens (including phenoxy) is 1. The van der Waals surface area contributed by atoms with E-state index in [1.54, 1.807) is 30.1 Å². The molecule has 0 aliphatic carbocycles. The number of hydrogen-bond donors (Lipinski definition) is 2. The molecule has 1 aromatic carbocycles. The van der Waals surface area contributed by atoms with Gasteiger partial charge in [-0.05, 0) is 18.4 Å². The first-order chi connectivity index (χ1) is 10.2. The minimum absolute atomic E-state index is 0.273. The number of aromatic nitrogens is 2. The average molecular weight is 307 g/mol. The van der Waals surface area contributed by atoms with Crippen molar-refractivity contribution >= 4 is 29.1 Å². The molecule has 1 aromatic heterocycles. The van der Waals surface area contributed by atoms with Gasteiger partial charge < -0.3 is 15.2 Å². The highest BCUT2D eigenvalue weighted by molar-refractivity contribution is 7.98. The highest BCUT2D eigenvalue weighted by Crippen LogP contribution is 2.29. The van der Waals surface area contributed by atoms with Crippen molar-refractivity contribution in [1.29, 1.82) is 0 Å². The van der Waals surface area contributed by atoms with Crippen molar-refractivity contribution in [3.8, 4) is 0 Å². The first kappa shape index (κ1) is 15.4. The quantitative estimate of drug-likeness (QED) is 0.766. The Labute approximate surface area is 127 Å². The molecule has 21 heavy (non-hydrogen) atoms. The van der Waals surface area contributed by atoms with E-state index in [1.807, 2.05) is 18.5 Å². The summed E-state index contributed by atoms with van der Waals surface area (Å²) in [6.07, 6.45) is 5.33. The Hall–Kier alpha value is -1.99. The van der Waals surface area contributed by atoms with Crippen LogP contribution in [-0.4, -0.2) is 40.8 Å². The van der Waals surface area contributed by atoms with Crippen molar-refractivity contribution in [3.05, 3.63) is 36.2 Å².